The predicted molar refractivity (Wildman–Crippen MR) is 43.5 cm³/mol. The molecule has 3 spiro atoms. The molecule has 0 aromatic rings. The van der Waals surface area contributed by atoms with E-state index in [0.717, 1.165) is 28.3 Å². The molecule has 0 amide bonds. The van der Waals surface area contributed by atoms with E-state index in [9.17, 15) is 0 Å². The fraction of sp³-hybridized carbons (Fsp3) is 1.00. The number of rotatable bonds is 0. The van der Waals surface area contributed by atoms with Crippen LogP contribution in [0.25, 0.3) is 0 Å². The lowest BCUT2D eigenvalue weighted by atomic mass is 9.43. The third-order valence-electron chi connectivity index (χ3n) is 7.28. The first-order chi connectivity index (χ1) is 5.84. The van der Waals surface area contributed by atoms with Crippen LogP contribution in [0.15, 0.2) is 0 Å². The summed E-state index contributed by atoms with van der Waals surface area (Å²) in [5.74, 6) is 2.38. The smallest absolute Gasteiger partial charge is 0.0213 e. The molecule has 1 nitrogen and oxygen atoms in total. The van der Waals surface area contributed by atoms with Crippen molar-refractivity contribution in [2.75, 3.05) is 7.05 Å². The molecule has 0 radical (unpaired) electrons. The Morgan fingerprint density at radius 1 is 1.17 bits per heavy atom. The van der Waals surface area contributed by atoms with E-state index < -0.39 is 0 Å². The maximum Gasteiger partial charge on any atom is 0.0213 e. The van der Waals surface area contributed by atoms with E-state index in [4.69, 9.17) is 0 Å². The summed E-state index contributed by atoms with van der Waals surface area (Å²) in [6, 6.07) is 2.19. The summed E-state index contributed by atoms with van der Waals surface area (Å²) in [5, 5.41) is 0. The zero-order valence-electron chi connectivity index (χ0n) is 7.38. The van der Waals surface area contributed by atoms with Gasteiger partial charge < -0.3 is 0 Å². The van der Waals surface area contributed by atoms with E-state index >= 15 is 0 Å². The Labute approximate surface area is 72.1 Å². The average molecular weight is 159 g/mol. The van der Waals surface area contributed by atoms with Gasteiger partial charge in [0.05, 0.1) is 0 Å². The molecule has 6 rings (SSSR count). The zero-order valence-corrected chi connectivity index (χ0v) is 7.38. The van der Waals surface area contributed by atoms with Crippen molar-refractivity contribution >= 4 is 0 Å². The Balaban J connectivity index is 1.75. The maximum absolute atomic E-state index is 2.74. The highest BCUT2D eigenvalue weighted by Crippen LogP contribution is 3.17. The summed E-state index contributed by atoms with van der Waals surface area (Å²) >= 11 is 0. The number of fused-ring (bicyclic) bond motifs is 2. The van der Waals surface area contributed by atoms with Crippen molar-refractivity contribution in [2.45, 2.75) is 31.3 Å². The second-order valence-electron chi connectivity index (χ2n) is 6.32. The maximum atomic E-state index is 2.74. The molecule has 5 aliphatic carbocycles. The van der Waals surface area contributed by atoms with Gasteiger partial charge in [-0.25, -0.2) is 0 Å². The topological polar surface area (TPSA) is 3.24 Å². The molecule has 6 aliphatic rings. The molecular formula is C11H13N. The number of nitrogens with zero attached hydrogens (tertiary/aromatic N) is 1. The summed E-state index contributed by atoms with van der Waals surface area (Å²) < 4.78 is 0. The molecule has 1 heterocycles. The Morgan fingerprint density at radius 3 is 2.67 bits per heavy atom. The molecule has 0 bridgehead atoms. The molecule has 7 unspecified atom stereocenters. The molecule has 1 saturated heterocycles. The molecule has 0 N–H and O–H groups in total. The molecule has 0 aromatic heterocycles. The van der Waals surface area contributed by atoms with Crippen molar-refractivity contribution in [3.8, 4) is 0 Å². The molecular weight excluding hydrogens is 146 g/mol. The Kier molecular flexibility index (Phi) is 0.350. The molecule has 1 heteroatoms. The summed E-state index contributed by atoms with van der Waals surface area (Å²) in [6.07, 6.45) is 4.86. The molecule has 12 heavy (non-hydrogen) atoms. The van der Waals surface area contributed by atoms with E-state index in [2.05, 4.69) is 11.9 Å². The second-order valence-corrected chi connectivity index (χ2v) is 6.32. The minimum absolute atomic E-state index is 0.988. The van der Waals surface area contributed by atoms with E-state index in [0.29, 0.717) is 0 Å². The van der Waals surface area contributed by atoms with Crippen LogP contribution >= 0.6 is 0 Å². The highest BCUT2D eigenvalue weighted by atomic mass is 15.5. The van der Waals surface area contributed by atoms with Crippen LogP contribution in [-0.4, -0.2) is 24.0 Å². The first-order valence-electron chi connectivity index (χ1n) is 5.56. The molecule has 7 atom stereocenters. The number of likely N-dealkylation sites (tertiary alicyclic amines) is 1. The first kappa shape index (κ1) is 4.99. The first-order valence-corrected chi connectivity index (χ1v) is 5.56. The standard InChI is InChI=1S/C11H13N/c1-12-7-5-2-3-9(5)10-4-6(10)8(12)11(7,9)10/h5-8H,2-4H2,1H3. The van der Waals surface area contributed by atoms with Gasteiger partial charge in [0.15, 0.2) is 0 Å². The van der Waals surface area contributed by atoms with Gasteiger partial charge in [0.1, 0.15) is 0 Å². The van der Waals surface area contributed by atoms with E-state index in [-0.39, 0.29) is 0 Å². The van der Waals surface area contributed by atoms with Gasteiger partial charge in [0, 0.05) is 17.5 Å². The van der Waals surface area contributed by atoms with Gasteiger partial charge in [-0.2, -0.15) is 0 Å². The minimum Gasteiger partial charge on any atom is -0.299 e. The normalized spacial score (nSPS) is 94.8. The van der Waals surface area contributed by atoms with Gasteiger partial charge in [-0.15, -0.1) is 0 Å². The van der Waals surface area contributed by atoms with Crippen LogP contribution in [0.4, 0.5) is 0 Å². The van der Waals surface area contributed by atoms with Crippen molar-refractivity contribution in [2.24, 2.45) is 28.1 Å². The lowest BCUT2D eigenvalue weighted by Gasteiger charge is -2.74. The van der Waals surface area contributed by atoms with Crippen LogP contribution in [-0.2, 0) is 0 Å². The Hall–Kier alpha value is -0.0400. The fourth-order valence-electron chi connectivity index (χ4n) is 7.54. The zero-order chi connectivity index (χ0) is 7.51. The van der Waals surface area contributed by atoms with E-state index in [1.807, 2.05) is 0 Å². The highest BCUT2D eigenvalue weighted by molar-refractivity contribution is 5.67. The van der Waals surface area contributed by atoms with Crippen LogP contribution in [0.3, 0.4) is 0 Å². The van der Waals surface area contributed by atoms with Gasteiger partial charge in [-0.1, -0.05) is 0 Å². The van der Waals surface area contributed by atoms with Crippen molar-refractivity contribution in [1.29, 1.82) is 0 Å². The molecule has 6 fully saturated rings. The Bertz CT molecular complexity index is 375. The number of piperidine rings is 2. The van der Waals surface area contributed by atoms with E-state index in [1.54, 1.807) is 19.3 Å². The Morgan fingerprint density at radius 2 is 2.00 bits per heavy atom. The minimum atomic E-state index is 0.988. The van der Waals surface area contributed by atoms with Crippen molar-refractivity contribution in [3.05, 3.63) is 0 Å². The van der Waals surface area contributed by atoms with Crippen molar-refractivity contribution in [1.82, 2.24) is 4.90 Å². The van der Waals surface area contributed by atoms with Crippen molar-refractivity contribution in [3.63, 3.8) is 0 Å². The summed E-state index contributed by atoms with van der Waals surface area (Å²) in [7, 11) is 2.39. The summed E-state index contributed by atoms with van der Waals surface area (Å²) in [4.78, 5) is 2.74. The van der Waals surface area contributed by atoms with Gasteiger partial charge >= 0.3 is 0 Å². The van der Waals surface area contributed by atoms with Crippen molar-refractivity contribution < 1.29 is 0 Å². The van der Waals surface area contributed by atoms with Crippen LogP contribution in [0.1, 0.15) is 19.3 Å². The third-order valence-corrected chi connectivity index (χ3v) is 7.28. The van der Waals surface area contributed by atoms with Gasteiger partial charge in [0.25, 0.3) is 0 Å². The third kappa shape index (κ3) is 0.146. The molecule has 0 aromatic carbocycles. The number of hydrogen-bond donors (Lipinski definition) is 0. The predicted octanol–water partition coefficient (Wildman–Crippen LogP) is 1.10. The fourth-order valence-corrected chi connectivity index (χ4v) is 7.54. The summed E-state index contributed by atoms with van der Waals surface area (Å²) in [5.41, 5.74) is 3.01. The highest BCUT2D eigenvalue weighted by Gasteiger charge is 3.19. The van der Waals surface area contributed by atoms with Gasteiger partial charge in [0.2, 0.25) is 0 Å². The lowest BCUT2D eigenvalue weighted by molar-refractivity contribution is -0.252. The average Bonchev–Trinajstić information content (AvgIpc) is 2.81. The monoisotopic (exact) mass is 159 g/mol. The van der Waals surface area contributed by atoms with E-state index in [1.165, 1.54) is 11.8 Å². The SMILES string of the molecule is CN1C2C3CCC34C35CC3C1C245. The molecule has 62 valence electrons. The van der Waals surface area contributed by atoms with Gasteiger partial charge in [-0.3, -0.25) is 4.90 Å². The number of hydrogen-bond acceptors (Lipinski definition) is 1. The van der Waals surface area contributed by atoms with Crippen LogP contribution < -0.4 is 0 Å². The summed E-state index contributed by atoms with van der Waals surface area (Å²) in [6.45, 7) is 0. The quantitative estimate of drug-likeness (QED) is 0.511. The van der Waals surface area contributed by atoms with Gasteiger partial charge in [-0.05, 0) is 49.0 Å². The van der Waals surface area contributed by atoms with Crippen LogP contribution in [0.5, 0.6) is 0 Å². The second kappa shape index (κ2) is 0.841. The van der Waals surface area contributed by atoms with Crippen LogP contribution in [0, 0.1) is 28.1 Å². The lowest BCUT2D eigenvalue weighted by Crippen LogP contribution is -2.80. The largest absolute Gasteiger partial charge is 0.299 e. The molecule has 5 saturated carbocycles. The molecule has 1 aliphatic heterocycles. The van der Waals surface area contributed by atoms with Crippen LogP contribution in [0.2, 0.25) is 0 Å².